The normalized spacial score (nSPS) is 11.4. The van der Waals surface area contributed by atoms with Crippen LogP contribution in [-0.2, 0) is 25.9 Å². The lowest BCUT2D eigenvalue weighted by molar-refractivity contribution is -0.137. The van der Waals surface area contributed by atoms with Gasteiger partial charge in [0.2, 0.25) is 0 Å². The third-order valence-corrected chi connectivity index (χ3v) is 3.97. The lowest BCUT2D eigenvalue weighted by atomic mass is 10.1. The van der Waals surface area contributed by atoms with Crippen molar-refractivity contribution in [1.82, 2.24) is 10.3 Å². The van der Waals surface area contributed by atoms with E-state index in [1.165, 1.54) is 6.07 Å². The number of hydrogen-bond donors (Lipinski definition) is 1. The van der Waals surface area contributed by atoms with E-state index in [4.69, 9.17) is 4.74 Å². The molecule has 1 aromatic heterocycles. The summed E-state index contributed by atoms with van der Waals surface area (Å²) in [6.45, 7) is 1.17. The van der Waals surface area contributed by atoms with Gasteiger partial charge < -0.3 is 10.1 Å². The van der Waals surface area contributed by atoms with Gasteiger partial charge in [-0.1, -0.05) is 42.5 Å². The molecule has 2 aromatic carbocycles. The minimum atomic E-state index is -4.33. The highest BCUT2D eigenvalue weighted by Crippen LogP contribution is 2.29. The number of aromatic nitrogens is 1. The fourth-order valence-corrected chi connectivity index (χ4v) is 2.63. The van der Waals surface area contributed by atoms with Crippen LogP contribution in [0.1, 0.15) is 22.4 Å². The molecule has 0 unspecified atom stereocenters. The number of pyridine rings is 1. The van der Waals surface area contributed by atoms with E-state index in [0.717, 1.165) is 29.1 Å². The third-order valence-electron chi connectivity index (χ3n) is 3.97. The van der Waals surface area contributed by atoms with Crippen LogP contribution in [0.25, 0.3) is 0 Å². The molecule has 140 valence electrons. The van der Waals surface area contributed by atoms with Crippen molar-refractivity contribution in [2.24, 2.45) is 0 Å². The first-order valence-corrected chi connectivity index (χ1v) is 8.50. The number of rotatable bonds is 7. The van der Waals surface area contributed by atoms with Crippen LogP contribution >= 0.6 is 0 Å². The largest absolute Gasteiger partial charge is 0.487 e. The molecule has 3 rings (SSSR count). The molecule has 0 spiro atoms. The molecule has 0 aliphatic heterocycles. The van der Waals surface area contributed by atoms with Crippen LogP contribution in [-0.4, -0.2) is 4.98 Å². The summed E-state index contributed by atoms with van der Waals surface area (Å²) >= 11 is 0. The van der Waals surface area contributed by atoms with Crippen molar-refractivity contribution >= 4 is 0 Å². The second-order valence-corrected chi connectivity index (χ2v) is 6.02. The average molecular weight is 372 g/mol. The van der Waals surface area contributed by atoms with Crippen LogP contribution in [0, 0.1) is 0 Å². The van der Waals surface area contributed by atoms with E-state index in [-0.39, 0.29) is 0 Å². The quantitative estimate of drug-likeness (QED) is 0.636. The standard InChI is InChI=1S/C21H19F3N2O/c22-21(23,24)18-8-5-6-16(12-18)13-25-14-17-7-1-2-10-20(17)27-15-19-9-3-4-11-26-19/h1-12,25H,13-15H2. The number of benzene rings is 2. The number of ether oxygens (including phenoxy) is 1. The van der Waals surface area contributed by atoms with E-state index >= 15 is 0 Å². The highest BCUT2D eigenvalue weighted by molar-refractivity contribution is 5.33. The predicted molar refractivity (Wildman–Crippen MR) is 97.0 cm³/mol. The second kappa shape index (κ2) is 8.68. The van der Waals surface area contributed by atoms with Gasteiger partial charge in [0.05, 0.1) is 11.3 Å². The topological polar surface area (TPSA) is 34.1 Å². The van der Waals surface area contributed by atoms with Crippen LogP contribution in [0.4, 0.5) is 13.2 Å². The Kier molecular flexibility index (Phi) is 6.08. The van der Waals surface area contributed by atoms with Gasteiger partial charge in [0.25, 0.3) is 0 Å². The average Bonchev–Trinajstić information content (AvgIpc) is 2.68. The fourth-order valence-electron chi connectivity index (χ4n) is 2.63. The molecule has 0 radical (unpaired) electrons. The van der Waals surface area contributed by atoms with Gasteiger partial charge in [-0.15, -0.1) is 0 Å². The fraction of sp³-hybridized carbons (Fsp3) is 0.190. The van der Waals surface area contributed by atoms with Crippen molar-refractivity contribution in [2.75, 3.05) is 0 Å². The zero-order valence-corrected chi connectivity index (χ0v) is 14.5. The first kappa shape index (κ1) is 18.9. The Hall–Kier alpha value is -2.86. The molecule has 0 atom stereocenters. The van der Waals surface area contributed by atoms with E-state index in [0.29, 0.717) is 25.3 Å². The molecular weight excluding hydrogens is 353 g/mol. The van der Waals surface area contributed by atoms with Crippen molar-refractivity contribution in [1.29, 1.82) is 0 Å². The van der Waals surface area contributed by atoms with Gasteiger partial charge in [-0.25, -0.2) is 0 Å². The number of nitrogens with zero attached hydrogens (tertiary/aromatic N) is 1. The maximum absolute atomic E-state index is 12.8. The van der Waals surface area contributed by atoms with Crippen molar-refractivity contribution in [3.63, 3.8) is 0 Å². The smallest absolute Gasteiger partial charge is 0.416 e. The van der Waals surface area contributed by atoms with Gasteiger partial charge in [0.1, 0.15) is 12.4 Å². The molecule has 0 amide bonds. The molecule has 1 heterocycles. The molecule has 1 N–H and O–H groups in total. The monoisotopic (exact) mass is 372 g/mol. The number of hydrogen-bond acceptors (Lipinski definition) is 3. The Labute approximate surface area is 155 Å². The first-order chi connectivity index (χ1) is 13.0. The molecule has 3 aromatic rings. The maximum Gasteiger partial charge on any atom is 0.416 e. The van der Waals surface area contributed by atoms with E-state index in [1.807, 2.05) is 42.5 Å². The summed E-state index contributed by atoms with van der Waals surface area (Å²) in [6, 6.07) is 18.5. The SMILES string of the molecule is FC(F)(F)c1cccc(CNCc2ccccc2OCc2ccccn2)c1. The molecule has 6 heteroatoms. The highest BCUT2D eigenvalue weighted by Gasteiger charge is 2.30. The number of halogens is 3. The summed E-state index contributed by atoms with van der Waals surface area (Å²) in [5.74, 6) is 0.722. The molecular formula is C21H19F3N2O. The highest BCUT2D eigenvalue weighted by atomic mass is 19.4. The minimum absolute atomic E-state index is 0.332. The Balaban J connectivity index is 1.59. The van der Waals surface area contributed by atoms with Crippen molar-refractivity contribution in [3.05, 3.63) is 95.3 Å². The second-order valence-electron chi connectivity index (χ2n) is 6.02. The van der Waals surface area contributed by atoms with Crippen molar-refractivity contribution < 1.29 is 17.9 Å². The van der Waals surface area contributed by atoms with E-state index in [9.17, 15) is 13.2 Å². The lowest BCUT2D eigenvalue weighted by Crippen LogP contribution is -2.14. The molecule has 0 bridgehead atoms. The molecule has 0 aliphatic rings. The van der Waals surface area contributed by atoms with Gasteiger partial charge >= 0.3 is 6.18 Å². The van der Waals surface area contributed by atoms with E-state index < -0.39 is 11.7 Å². The van der Waals surface area contributed by atoms with Crippen molar-refractivity contribution in [3.8, 4) is 5.75 Å². The Morgan fingerprint density at radius 1 is 0.889 bits per heavy atom. The van der Waals surface area contributed by atoms with E-state index in [1.54, 1.807) is 12.3 Å². The van der Waals surface area contributed by atoms with Crippen LogP contribution in [0.2, 0.25) is 0 Å². The summed E-state index contributed by atoms with van der Waals surface area (Å²) in [7, 11) is 0. The molecule has 0 saturated heterocycles. The van der Waals surface area contributed by atoms with Gasteiger partial charge in [-0.2, -0.15) is 13.2 Å². The zero-order valence-electron chi connectivity index (χ0n) is 14.5. The Bertz CT molecular complexity index is 867. The summed E-state index contributed by atoms with van der Waals surface area (Å²) in [6.07, 6.45) is -2.62. The van der Waals surface area contributed by atoms with Gasteiger partial charge in [-0.3, -0.25) is 4.98 Å². The number of alkyl halides is 3. The maximum atomic E-state index is 12.8. The first-order valence-electron chi connectivity index (χ1n) is 8.50. The van der Waals surface area contributed by atoms with Crippen LogP contribution in [0.3, 0.4) is 0 Å². The van der Waals surface area contributed by atoms with Crippen LogP contribution < -0.4 is 10.1 Å². The predicted octanol–water partition coefficient (Wildman–Crippen LogP) is 4.97. The molecule has 3 nitrogen and oxygen atoms in total. The van der Waals surface area contributed by atoms with Crippen LogP contribution in [0.15, 0.2) is 72.9 Å². The molecule has 27 heavy (non-hydrogen) atoms. The molecule has 0 saturated carbocycles. The minimum Gasteiger partial charge on any atom is -0.487 e. The number of para-hydroxylation sites is 1. The number of nitrogens with one attached hydrogen (secondary N) is 1. The lowest BCUT2D eigenvalue weighted by Gasteiger charge is -2.13. The Morgan fingerprint density at radius 2 is 1.70 bits per heavy atom. The zero-order chi connectivity index (χ0) is 19.1. The van der Waals surface area contributed by atoms with Crippen molar-refractivity contribution in [2.45, 2.75) is 25.9 Å². The molecule has 0 aliphatic carbocycles. The summed E-state index contributed by atoms with van der Waals surface area (Å²) in [5.41, 5.74) is 1.70. The van der Waals surface area contributed by atoms with E-state index in [2.05, 4.69) is 10.3 Å². The molecule has 0 fully saturated rings. The Morgan fingerprint density at radius 3 is 2.48 bits per heavy atom. The summed E-state index contributed by atoms with van der Waals surface area (Å²) < 4.78 is 44.2. The van der Waals surface area contributed by atoms with Gasteiger partial charge in [-0.05, 0) is 29.8 Å². The summed E-state index contributed by atoms with van der Waals surface area (Å²) in [5, 5.41) is 3.17. The van der Waals surface area contributed by atoms with Crippen LogP contribution in [0.5, 0.6) is 5.75 Å². The van der Waals surface area contributed by atoms with Gasteiger partial charge in [0, 0.05) is 24.8 Å². The van der Waals surface area contributed by atoms with Gasteiger partial charge in [0.15, 0.2) is 0 Å². The summed E-state index contributed by atoms with van der Waals surface area (Å²) in [4.78, 5) is 4.22. The third kappa shape index (κ3) is 5.56.